The molecular weight excluding hydrogens is 264 g/mol. The van der Waals surface area contributed by atoms with Crippen LogP contribution in [0.15, 0.2) is 18.2 Å². The molecule has 0 amide bonds. The van der Waals surface area contributed by atoms with Gasteiger partial charge in [-0.3, -0.25) is 0 Å². The lowest BCUT2D eigenvalue weighted by Crippen LogP contribution is -2.30. The van der Waals surface area contributed by atoms with Crippen LogP contribution in [0.25, 0.3) is 0 Å². The minimum absolute atomic E-state index is 0. The van der Waals surface area contributed by atoms with Crippen molar-refractivity contribution in [2.24, 2.45) is 5.92 Å². The number of nitrogens with one attached hydrogen (secondary N) is 2. The van der Waals surface area contributed by atoms with Gasteiger partial charge < -0.3 is 20.5 Å². The molecule has 19 heavy (non-hydrogen) atoms. The molecule has 106 valence electrons. The van der Waals surface area contributed by atoms with Crippen molar-refractivity contribution in [3.05, 3.63) is 29.3 Å². The van der Waals surface area contributed by atoms with Gasteiger partial charge in [-0.1, -0.05) is 12.1 Å². The summed E-state index contributed by atoms with van der Waals surface area (Å²) in [5.74, 6) is 1.37. The number of ether oxygens (including phenoxy) is 1. The third kappa shape index (κ3) is 3.39. The molecule has 2 atom stereocenters. The lowest BCUT2D eigenvalue weighted by Gasteiger charge is -2.14. The first-order valence-electron chi connectivity index (χ1n) is 6.67. The first-order chi connectivity index (χ1) is 8.83. The molecule has 0 saturated carbocycles. The summed E-state index contributed by atoms with van der Waals surface area (Å²) in [5.41, 5.74) is 2.61. The number of rotatable bonds is 4. The Bertz CT molecular complexity index is 428. The first kappa shape index (κ1) is 14.6. The zero-order valence-electron chi connectivity index (χ0n) is 10.9. The first-order valence-corrected chi connectivity index (χ1v) is 6.67. The van der Waals surface area contributed by atoms with Crippen molar-refractivity contribution in [1.29, 1.82) is 0 Å². The van der Waals surface area contributed by atoms with E-state index in [1.807, 2.05) is 0 Å². The van der Waals surface area contributed by atoms with Crippen LogP contribution in [0.3, 0.4) is 0 Å². The average Bonchev–Trinajstić information content (AvgIpc) is 2.98. The number of aliphatic hydroxyl groups excluding tert-OH is 1. The Morgan fingerprint density at radius 2 is 2.26 bits per heavy atom. The van der Waals surface area contributed by atoms with Crippen molar-refractivity contribution in [3.63, 3.8) is 0 Å². The van der Waals surface area contributed by atoms with Gasteiger partial charge in [0, 0.05) is 38.5 Å². The standard InChI is InChI=1S/C14H20N2O2.ClH/c17-13-9-16-8-12(13)7-15-6-10-1-2-14-11(5-10)3-4-18-14;/h1-2,5,12-13,15-17H,3-4,6-9H2;1H. The molecule has 0 bridgehead atoms. The Morgan fingerprint density at radius 3 is 3.05 bits per heavy atom. The Hall–Kier alpha value is -0.810. The van der Waals surface area contributed by atoms with Crippen molar-refractivity contribution < 1.29 is 9.84 Å². The molecule has 2 aliphatic heterocycles. The van der Waals surface area contributed by atoms with E-state index in [1.54, 1.807) is 0 Å². The van der Waals surface area contributed by atoms with Crippen LogP contribution in [0.5, 0.6) is 5.75 Å². The van der Waals surface area contributed by atoms with E-state index in [4.69, 9.17) is 4.74 Å². The lowest BCUT2D eigenvalue weighted by molar-refractivity contribution is 0.146. The van der Waals surface area contributed by atoms with Crippen molar-refractivity contribution in [1.82, 2.24) is 10.6 Å². The molecule has 3 rings (SSSR count). The summed E-state index contributed by atoms with van der Waals surface area (Å²) >= 11 is 0. The lowest BCUT2D eigenvalue weighted by atomic mass is 10.1. The normalized spacial score (nSPS) is 24.7. The zero-order chi connectivity index (χ0) is 12.4. The molecule has 1 saturated heterocycles. The molecule has 2 heterocycles. The highest BCUT2D eigenvalue weighted by molar-refractivity contribution is 5.85. The van der Waals surface area contributed by atoms with Crippen LogP contribution in [0, 0.1) is 5.92 Å². The van der Waals surface area contributed by atoms with Gasteiger partial charge in [0.15, 0.2) is 0 Å². The van der Waals surface area contributed by atoms with Crippen LogP contribution in [-0.2, 0) is 13.0 Å². The number of hydrogen-bond acceptors (Lipinski definition) is 4. The minimum Gasteiger partial charge on any atom is -0.493 e. The molecule has 2 unspecified atom stereocenters. The summed E-state index contributed by atoms with van der Waals surface area (Å²) in [6, 6.07) is 6.39. The maximum atomic E-state index is 9.69. The summed E-state index contributed by atoms with van der Waals surface area (Å²) in [5, 5.41) is 16.3. The number of β-amino-alcohol motifs (C(OH)–C–C–N with tert-alkyl or cyclic N) is 1. The summed E-state index contributed by atoms with van der Waals surface area (Å²) in [7, 11) is 0. The predicted molar refractivity (Wildman–Crippen MR) is 77.0 cm³/mol. The van der Waals surface area contributed by atoms with Crippen LogP contribution in [-0.4, -0.2) is 37.5 Å². The van der Waals surface area contributed by atoms with Gasteiger partial charge in [-0.05, 0) is 17.2 Å². The summed E-state index contributed by atoms with van der Waals surface area (Å²) in [4.78, 5) is 0. The Balaban J connectivity index is 0.00000133. The van der Waals surface area contributed by atoms with Gasteiger partial charge in [-0.25, -0.2) is 0 Å². The summed E-state index contributed by atoms with van der Waals surface area (Å²) in [6.07, 6.45) is 0.819. The van der Waals surface area contributed by atoms with Gasteiger partial charge >= 0.3 is 0 Å². The fraction of sp³-hybridized carbons (Fsp3) is 0.571. The fourth-order valence-corrected chi connectivity index (χ4v) is 2.68. The number of aliphatic hydroxyl groups is 1. The maximum absolute atomic E-state index is 9.69. The van der Waals surface area contributed by atoms with Crippen LogP contribution in [0.1, 0.15) is 11.1 Å². The van der Waals surface area contributed by atoms with E-state index < -0.39 is 0 Å². The zero-order valence-corrected chi connectivity index (χ0v) is 11.7. The molecule has 1 fully saturated rings. The van der Waals surface area contributed by atoms with Gasteiger partial charge in [0.1, 0.15) is 5.75 Å². The largest absolute Gasteiger partial charge is 0.493 e. The quantitative estimate of drug-likeness (QED) is 0.762. The molecule has 5 heteroatoms. The molecule has 0 radical (unpaired) electrons. The second-order valence-electron chi connectivity index (χ2n) is 5.16. The Labute approximate surface area is 119 Å². The summed E-state index contributed by atoms with van der Waals surface area (Å²) < 4.78 is 5.49. The van der Waals surface area contributed by atoms with Gasteiger partial charge in [-0.15, -0.1) is 12.4 Å². The molecule has 1 aromatic rings. The van der Waals surface area contributed by atoms with Crippen LogP contribution >= 0.6 is 12.4 Å². The molecule has 0 aromatic heterocycles. The highest BCUT2D eigenvalue weighted by Gasteiger charge is 2.24. The second-order valence-corrected chi connectivity index (χ2v) is 5.16. The molecule has 0 spiro atoms. The highest BCUT2D eigenvalue weighted by atomic mass is 35.5. The monoisotopic (exact) mass is 284 g/mol. The third-order valence-corrected chi connectivity index (χ3v) is 3.79. The fourth-order valence-electron chi connectivity index (χ4n) is 2.68. The number of benzene rings is 1. The molecule has 1 aromatic carbocycles. The van der Waals surface area contributed by atoms with Gasteiger partial charge in [0.05, 0.1) is 12.7 Å². The number of hydrogen-bond donors (Lipinski definition) is 3. The van der Waals surface area contributed by atoms with Crippen molar-refractivity contribution in [3.8, 4) is 5.75 Å². The third-order valence-electron chi connectivity index (χ3n) is 3.79. The Kier molecular flexibility index (Phi) is 5.05. The van der Waals surface area contributed by atoms with Crippen molar-refractivity contribution in [2.75, 3.05) is 26.2 Å². The van der Waals surface area contributed by atoms with Crippen molar-refractivity contribution in [2.45, 2.75) is 19.1 Å². The number of halogens is 1. The summed E-state index contributed by atoms with van der Waals surface area (Å²) in [6.45, 7) is 4.17. The molecule has 4 nitrogen and oxygen atoms in total. The molecule has 0 aliphatic carbocycles. The maximum Gasteiger partial charge on any atom is 0.122 e. The topological polar surface area (TPSA) is 53.5 Å². The van der Waals surface area contributed by atoms with Crippen molar-refractivity contribution >= 4 is 12.4 Å². The van der Waals surface area contributed by atoms with Gasteiger partial charge in [0.25, 0.3) is 0 Å². The molecule has 3 N–H and O–H groups in total. The molecular formula is C14H21ClN2O2. The van der Waals surface area contributed by atoms with Gasteiger partial charge in [0.2, 0.25) is 0 Å². The number of fused-ring (bicyclic) bond motifs is 1. The second kappa shape index (κ2) is 6.57. The Morgan fingerprint density at radius 1 is 1.37 bits per heavy atom. The highest BCUT2D eigenvalue weighted by Crippen LogP contribution is 2.25. The van der Waals surface area contributed by atoms with Crippen LogP contribution < -0.4 is 15.4 Å². The van der Waals surface area contributed by atoms with Crippen LogP contribution in [0.4, 0.5) is 0 Å². The molecule has 2 aliphatic rings. The van der Waals surface area contributed by atoms with E-state index in [0.717, 1.165) is 45.0 Å². The van der Waals surface area contributed by atoms with Gasteiger partial charge in [-0.2, -0.15) is 0 Å². The minimum atomic E-state index is -0.203. The average molecular weight is 285 g/mol. The van der Waals surface area contributed by atoms with E-state index in [1.165, 1.54) is 11.1 Å². The van der Waals surface area contributed by atoms with Crippen LogP contribution in [0.2, 0.25) is 0 Å². The van der Waals surface area contributed by atoms with E-state index in [0.29, 0.717) is 5.92 Å². The van der Waals surface area contributed by atoms with E-state index in [9.17, 15) is 5.11 Å². The SMILES string of the molecule is Cl.OC1CNCC1CNCc1ccc2c(c1)CCO2. The van der Waals surface area contributed by atoms with E-state index in [2.05, 4.69) is 28.8 Å². The van der Waals surface area contributed by atoms with E-state index in [-0.39, 0.29) is 18.5 Å². The van der Waals surface area contributed by atoms with E-state index >= 15 is 0 Å². The smallest absolute Gasteiger partial charge is 0.122 e. The predicted octanol–water partition coefficient (Wildman–Crippen LogP) is 0.713.